The molecule has 0 aromatic heterocycles. The Labute approximate surface area is 102 Å². The lowest BCUT2D eigenvalue weighted by Gasteiger charge is -2.18. The Balaban J connectivity index is 2.14. The first-order valence-electron chi connectivity index (χ1n) is 6.08. The number of nitriles is 1. The van der Waals surface area contributed by atoms with Crippen LogP contribution in [0, 0.1) is 17.2 Å². The van der Waals surface area contributed by atoms with E-state index in [1.807, 2.05) is 18.2 Å². The molecule has 3 nitrogen and oxygen atoms in total. The van der Waals surface area contributed by atoms with E-state index in [2.05, 4.69) is 18.3 Å². The summed E-state index contributed by atoms with van der Waals surface area (Å²) < 4.78 is 5.30. The lowest BCUT2D eigenvalue weighted by molar-refractivity contribution is 0.415. The fourth-order valence-corrected chi connectivity index (χ4v) is 2.10. The second-order valence-electron chi connectivity index (χ2n) is 4.72. The Kier molecular flexibility index (Phi) is 3.53. The average Bonchev–Trinajstić information content (AvgIpc) is 3.13. The lowest BCUT2D eigenvalue weighted by Crippen LogP contribution is -2.17. The molecule has 1 aliphatic rings. The second-order valence-corrected chi connectivity index (χ2v) is 4.72. The Hall–Kier alpha value is -1.69. The molecular formula is C14H18N2O. The van der Waals surface area contributed by atoms with Gasteiger partial charge in [-0.15, -0.1) is 0 Å². The molecule has 1 aromatic rings. The number of ether oxygens (including phenoxy) is 1. The van der Waals surface area contributed by atoms with Crippen LogP contribution in [0.1, 0.15) is 31.7 Å². The van der Waals surface area contributed by atoms with E-state index in [1.54, 1.807) is 7.11 Å². The van der Waals surface area contributed by atoms with Crippen molar-refractivity contribution in [3.8, 4) is 11.8 Å². The van der Waals surface area contributed by atoms with Crippen molar-refractivity contribution in [1.82, 2.24) is 0 Å². The van der Waals surface area contributed by atoms with Gasteiger partial charge in [0.2, 0.25) is 0 Å². The summed E-state index contributed by atoms with van der Waals surface area (Å²) in [7, 11) is 1.63. The van der Waals surface area contributed by atoms with Crippen LogP contribution in [-0.4, -0.2) is 13.2 Å². The van der Waals surface area contributed by atoms with E-state index in [-0.39, 0.29) is 0 Å². The molecule has 0 radical (unpaired) electrons. The Morgan fingerprint density at radius 1 is 1.53 bits per heavy atom. The highest BCUT2D eigenvalue weighted by Gasteiger charge is 2.24. The molecule has 0 heterocycles. The van der Waals surface area contributed by atoms with Crippen LogP contribution in [0.15, 0.2) is 18.2 Å². The zero-order valence-electron chi connectivity index (χ0n) is 10.4. The molecule has 1 N–H and O–H groups in total. The van der Waals surface area contributed by atoms with Gasteiger partial charge in [-0.1, -0.05) is 18.9 Å². The minimum Gasteiger partial charge on any atom is -0.495 e. The summed E-state index contributed by atoms with van der Waals surface area (Å²) in [5, 5.41) is 12.5. The molecule has 1 aromatic carbocycles. The van der Waals surface area contributed by atoms with Gasteiger partial charge in [0.15, 0.2) is 0 Å². The number of rotatable bonds is 5. The monoisotopic (exact) mass is 230 g/mol. The SMILES string of the molecule is COc1cccc(C#N)c1NC(C)CC1CC1. The van der Waals surface area contributed by atoms with E-state index in [0.717, 1.165) is 17.4 Å². The summed E-state index contributed by atoms with van der Waals surface area (Å²) in [5.74, 6) is 1.62. The Morgan fingerprint density at radius 3 is 2.88 bits per heavy atom. The van der Waals surface area contributed by atoms with Crippen molar-refractivity contribution >= 4 is 5.69 Å². The zero-order chi connectivity index (χ0) is 12.3. The van der Waals surface area contributed by atoms with Crippen molar-refractivity contribution in [1.29, 1.82) is 5.26 Å². The molecular weight excluding hydrogens is 212 g/mol. The van der Waals surface area contributed by atoms with Crippen LogP contribution in [0.3, 0.4) is 0 Å². The minimum absolute atomic E-state index is 0.380. The number of nitrogens with zero attached hydrogens (tertiary/aromatic N) is 1. The van der Waals surface area contributed by atoms with Crippen LogP contribution < -0.4 is 10.1 Å². The van der Waals surface area contributed by atoms with Crippen molar-refractivity contribution in [2.45, 2.75) is 32.2 Å². The van der Waals surface area contributed by atoms with Gasteiger partial charge in [-0.25, -0.2) is 0 Å². The molecule has 1 atom stereocenters. The highest BCUT2D eigenvalue weighted by atomic mass is 16.5. The summed E-state index contributed by atoms with van der Waals surface area (Å²) >= 11 is 0. The predicted molar refractivity (Wildman–Crippen MR) is 68.1 cm³/mol. The normalized spacial score (nSPS) is 16.1. The third kappa shape index (κ3) is 2.91. The number of para-hydroxylation sites is 1. The largest absolute Gasteiger partial charge is 0.495 e. The third-order valence-corrected chi connectivity index (χ3v) is 3.14. The molecule has 17 heavy (non-hydrogen) atoms. The quantitative estimate of drug-likeness (QED) is 0.845. The second kappa shape index (κ2) is 5.09. The van der Waals surface area contributed by atoms with Crippen molar-refractivity contribution in [3.05, 3.63) is 23.8 Å². The van der Waals surface area contributed by atoms with Crippen LogP contribution in [0.4, 0.5) is 5.69 Å². The summed E-state index contributed by atoms with van der Waals surface area (Å²) in [6.45, 7) is 2.16. The summed E-state index contributed by atoms with van der Waals surface area (Å²) in [6, 6.07) is 8.12. The highest BCUT2D eigenvalue weighted by molar-refractivity contribution is 5.66. The van der Waals surface area contributed by atoms with Crippen molar-refractivity contribution in [3.63, 3.8) is 0 Å². The molecule has 2 rings (SSSR count). The predicted octanol–water partition coefficient (Wildman–Crippen LogP) is 3.17. The molecule has 3 heteroatoms. The van der Waals surface area contributed by atoms with Gasteiger partial charge >= 0.3 is 0 Å². The Bertz CT molecular complexity index is 432. The standard InChI is InChI=1S/C14H18N2O/c1-10(8-11-6-7-11)16-14-12(9-15)4-3-5-13(14)17-2/h3-5,10-11,16H,6-8H2,1-2H3. The fraction of sp³-hybridized carbons (Fsp3) is 0.500. The molecule has 90 valence electrons. The first-order valence-corrected chi connectivity index (χ1v) is 6.08. The maximum absolute atomic E-state index is 9.10. The topological polar surface area (TPSA) is 45.0 Å². The Morgan fingerprint density at radius 2 is 2.29 bits per heavy atom. The molecule has 0 amide bonds. The van der Waals surface area contributed by atoms with E-state index in [1.165, 1.54) is 19.3 Å². The molecule has 1 fully saturated rings. The molecule has 0 aliphatic heterocycles. The van der Waals surface area contributed by atoms with E-state index in [9.17, 15) is 0 Å². The molecule has 0 bridgehead atoms. The first-order chi connectivity index (χ1) is 8.24. The smallest absolute Gasteiger partial charge is 0.143 e. The zero-order valence-corrected chi connectivity index (χ0v) is 10.4. The van der Waals surface area contributed by atoms with Crippen molar-refractivity contribution in [2.75, 3.05) is 12.4 Å². The summed E-state index contributed by atoms with van der Waals surface area (Å²) in [6.07, 6.45) is 3.87. The number of benzene rings is 1. The van der Waals surface area contributed by atoms with E-state index >= 15 is 0 Å². The van der Waals surface area contributed by atoms with E-state index in [4.69, 9.17) is 10.00 Å². The van der Waals surface area contributed by atoms with Crippen molar-refractivity contribution < 1.29 is 4.74 Å². The van der Waals surface area contributed by atoms with Gasteiger partial charge in [0.05, 0.1) is 18.4 Å². The van der Waals surface area contributed by atoms with Gasteiger partial charge in [-0.05, 0) is 31.4 Å². The molecule has 0 spiro atoms. The van der Waals surface area contributed by atoms with Crippen LogP contribution in [0.5, 0.6) is 5.75 Å². The van der Waals surface area contributed by atoms with Gasteiger partial charge in [0.25, 0.3) is 0 Å². The van der Waals surface area contributed by atoms with Gasteiger partial charge in [0.1, 0.15) is 11.8 Å². The van der Waals surface area contributed by atoms with E-state index in [0.29, 0.717) is 11.6 Å². The maximum atomic E-state index is 9.10. The van der Waals surface area contributed by atoms with Crippen LogP contribution >= 0.6 is 0 Å². The van der Waals surface area contributed by atoms with Gasteiger partial charge in [-0.2, -0.15) is 5.26 Å². The van der Waals surface area contributed by atoms with Crippen LogP contribution in [-0.2, 0) is 0 Å². The number of hydrogen-bond donors (Lipinski definition) is 1. The first kappa shape index (κ1) is 11.8. The van der Waals surface area contributed by atoms with Gasteiger partial charge < -0.3 is 10.1 Å². The minimum atomic E-state index is 0.380. The number of hydrogen-bond acceptors (Lipinski definition) is 3. The number of anilines is 1. The van der Waals surface area contributed by atoms with Gasteiger partial charge in [-0.3, -0.25) is 0 Å². The maximum Gasteiger partial charge on any atom is 0.143 e. The van der Waals surface area contributed by atoms with Crippen molar-refractivity contribution in [2.24, 2.45) is 5.92 Å². The number of methoxy groups -OCH3 is 1. The van der Waals surface area contributed by atoms with E-state index < -0.39 is 0 Å². The molecule has 1 aliphatic carbocycles. The average molecular weight is 230 g/mol. The highest BCUT2D eigenvalue weighted by Crippen LogP contribution is 2.35. The lowest BCUT2D eigenvalue weighted by atomic mass is 10.1. The summed E-state index contributed by atoms with van der Waals surface area (Å²) in [4.78, 5) is 0. The molecule has 1 unspecified atom stereocenters. The van der Waals surface area contributed by atoms with Crippen LogP contribution in [0.25, 0.3) is 0 Å². The molecule has 0 saturated heterocycles. The fourth-order valence-electron chi connectivity index (χ4n) is 2.10. The summed E-state index contributed by atoms with van der Waals surface area (Å²) in [5.41, 5.74) is 1.47. The molecule has 1 saturated carbocycles. The third-order valence-electron chi connectivity index (χ3n) is 3.14. The van der Waals surface area contributed by atoms with Crippen LogP contribution in [0.2, 0.25) is 0 Å². The van der Waals surface area contributed by atoms with Gasteiger partial charge in [0, 0.05) is 6.04 Å². The number of nitrogens with one attached hydrogen (secondary N) is 1.